The Hall–Kier alpha value is -1.48. The van der Waals surface area contributed by atoms with Gasteiger partial charge in [-0.3, -0.25) is 0 Å². The summed E-state index contributed by atoms with van der Waals surface area (Å²) >= 11 is 1.68. The molecule has 0 spiro atoms. The van der Waals surface area contributed by atoms with Gasteiger partial charge < -0.3 is 0 Å². The van der Waals surface area contributed by atoms with Crippen molar-refractivity contribution >= 4 is 21.4 Å². The van der Waals surface area contributed by atoms with E-state index in [-0.39, 0.29) is 0 Å². The van der Waals surface area contributed by atoms with Crippen LogP contribution < -0.4 is 0 Å². The van der Waals surface area contributed by atoms with E-state index in [0.29, 0.717) is 0 Å². The molecule has 0 saturated carbocycles. The van der Waals surface area contributed by atoms with E-state index in [1.54, 1.807) is 17.7 Å². The largest absolute Gasteiger partial charge is 0.234 e. The number of rotatable bonds is 0. The van der Waals surface area contributed by atoms with Gasteiger partial charge in [0, 0.05) is 4.70 Å². The predicted molar refractivity (Wildman–Crippen MR) is 54.0 cm³/mol. The first-order valence-electron chi connectivity index (χ1n) is 4.03. The van der Waals surface area contributed by atoms with Gasteiger partial charge in [-0.2, -0.15) is 0 Å². The van der Waals surface area contributed by atoms with Crippen LogP contribution in [0.2, 0.25) is 0 Å². The quantitative estimate of drug-likeness (QED) is 0.539. The number of aromatic nitrogens is 2. The molecule has 0 bridgehead atoms. The third-order valence-electron chi connectivity index (χ3n) is 2.01. The topological polar surface area (TPSA) is 25.8 Å². The van der Waals surface area contributed by atoms with Gasteiger partial charge in [-0.15, -0.1) is 11.3 Å². The first-order chi connectivity index (χ1) is 6.43. The maximum atomic E-state index is 4.18. The number of imidazole rings is 1. The minimum Gasteiger partial charge on any atom is -0.234 e. The van der Waals surface area contributed by atoms with Crippen molar-refractivity contribution < 1.29 is 0 Å². The Balaban J connectivity index is 2.52. The lowest BCUT2D eigenvalue weighted by atomic mass is 10.2. The van der Waals surface area contributed by atoms with E-state index in [1.165, 1.54) is 10.1 Å². The molecule has 0 aliphatic carbocycles. The molecule has 2 nitrogen and oxygen atoms in total. The molecule has 2 aliphatic rings. The van der Waals surface area contributed by atoms with Crippen LogP contribution in [0.15, 0.2) is 36.7 Å². The third kappa shape index (κ3) is 1.01. The Labute approximate surface area is 79.2 Å². The highest BCUT2D eigenvalue weighted by Gasteiger charge is 2.06. The Kier molecular flexibility index (Phi) is 1.34. The fourth-order valence-electron chi connectivity index (χ4n) is 1.39. The average Bonchev–Trinajstić information content (AvgIpc) is 2.61. The maximum Gasteiger partial charge on any atom is 0.144 e. The van der Waals surface area contributed by atoms with Crippen molar-refractivity contribution in [3.63, 3.8) is 0 Å². The van der Waals surface area contributed by atoms with Gasteiger partial charge in [-0.05, 0) is 17.5 Å². The summed E-state index contributed by atoms with van der Waals surface area (Å²) in [5.41, 5.74) is 0.990. The molecule has 1 aromatic carbocycles. The lowest BCUT2D eigenvalue weighted by Gasteiger charge is -1.98. The lowest BCUT2D eigenvalue weighted by molar-refractivity contribution is 1.34. The van der Waals surface area contributed by atoms with Crippen LogP contribution in [0, 0.1) is 0 Å². The van der Waals surface area contributed by atoms with Crippen LogP contribution in [0.1, 0.15) is 0 Å². The number of benzene rings is 1. The summed E-state index contributed by atoms with van der Waals surface area (Å²) in [6.45, 7) is 0. The molecule has 62 valence electrons. The molecule has 0 N–H and O–H groups in total. The van der Waals surface area contributed by atoms with Crippen molar-refractivity contribution in [1.29, 1.82) is 0 Å². The van der Waals surface area contributed by atoms with Crippen molar-refractivity contribution in [3.05, 3.63) is 36.7 Å². The van der Waals surface area contributed by atoms with E-state index in [1.807, 2.05) is 12.1 Å². The summed E-state index contributed by atoms with van der Waals surface area (Å²) in [5.74, 6) is 0. The van der Waals surface area contributed by atoms with E-state index in [0.717, 1.165) is 10.7 Å². The van der Waals surface area contributed by atoms with Crippen molar-refractivity contribution in [2.75, 3.05) is 0 Å². The fourth-order valence-corrected chi connectivity index (χ4v) is 2.30. The molecule has 0 fully saturated rings. The predicted octanol–water partition coefficient (Wildman–Crippen LogP) is 2.80. The van der Waals surface area contributed by atoms with Crippen LogP contribution in [0.3, 0.4) is 0 Å². The molecule has 0 unspecified atom stereocenters. The van der Waals surface area contributed by atoms with Gasteiger partial charge in [0.2, 0.25) is 0 Å². The molecule has 2 aliphatic heterocycles. The standard InChI is InChI=1S/C10H6N2S/c1-2-4-9-7(3-1)5-8-10(13-9)12-6-11-8/h1-6H. The van der Waals surface area contributed by atoms with Crippen LogP contribution >= 0.6 is 11.3 Å². The first-order valence-corrected chi connectivity index (χ1v) is 4.84. The summed E-state index contributed by atoms with van der Waals surface area (Å²) in [4.78, 5) is 8.34. The van der Waals surface area contributed by atoms with Crippen LogP contribution in [-0.4, -0.2) is 9.97 Å². The van der Waals surface area contributed by atoms with Gasteiger partial charge >= 0.3 is 0 Å². The van der Waals surface area contributed by atoms with Crippen LogP contribution in [0.25, 0.3) is 20.8 Å². The van der Waals surface area contributed by atoms with E-state index >= 15 is 0 Å². The Bertz CT molecular complexity index is 483. The van der Waals surface area contributed by atoms with Gasteiger partial charge in [0.15, 0.2) is 0 Å². The third-order valence-corrected chi connectivity index (χ3v) is 3.11. The first kappa shape index (κ1) is 6.97. The second-order valence-electron chi connectivity index (χ2n) is 2.85. The number of hydrogen-bond donors (Lipinski definition) is 0. The second kappa shape index (κ2) is 2.50. The van der Waals surface area contributed by atoms with E-state index < -0.39 is 0 Å². The van der Waals surface area contributed by atoms with Crippen molar-refractivity contribution in [1.82, 2.24) is 9.97 Å². The molecule has 13 heavy (non-hydrogen) atoms. The zero-order valence-corrected chi connectivity index (χ0v) is 7.58. The monoisotopic (exact) mass is 186 g/mol. The molecule has 0 radical (unpaired) electrons. The van der Waals surface area contributed by atoms with Crippen molar-refractivity contribution in [2.24, 2.45) is 0 Å². The highest BCUT2D eigenvalue weighted by molar-refractivity contribution is 7.21. The highest BCUT2D eigenvalue weighted by atomic mass is 32.1. The van der Waals surface area contributed by atoms with E-state index in [9.17, 15) is 0 Å². The Morgan fingerprint density at radius 2 is 2.00 bits per heavy atom. The molecule has 1 aromatic rings. The molecule has 0 atom stereocenters. The zero-order chi connectivity index (χ0) is 8.67. The Morgan fingerprint density at radius 3 is 3.00 bits per heavy atom. The molecule has 2 heterocycles. The van der Waals surface area contributed by atoms with Crippen molar-refractivity contribution in [2.45, 2.75) is 0 Å². The second-order valence-corrected chi connectivity index (χ2v) is 3.88. The summed E-state index contributed by atoms with van der Waals surface area (Å²) in [5, 5.41) is 2.25. The van der Waals surface area contributed by atoms with Crippen LogP contribution in [-0.2, 0) is 0 Å². The van der Waals surface area contributed by atoms with Gasteiger partial charge in [-0.25, -0.2) is 9.97 Å². The SMILES string of the molecule is c1ccc2sc3ncnc-3cc2c1. The molecular weight excluding hydrogens is 180 g/mol. The van der Waals surface area contributed by atoms with Crippen molar-refractivity contribution in [3.8, 4) is 10.7 Å². The smallest absolute Gasteiger partial charge is 0.144 e. The van der Waals surface area contributed by atoms with Gasteiger partial charge in [0.05, 0.1) is 0 Å². The molecule has 3 rings (SSSR count). The minimum atomic E-state index is 0.990. The summed E-state index contributed by atoms with van der Waals surface area (Å²) in [6.07, 6.45) is 1.61. The maximum absolute atomic E-state index is 4.18. The van der Waals surface area contributed by atoms with E-state index in [2.05, 4.69) is 28.2 Å². The highest BCUT2D eigenvalue weighted by Crippen LogP contribution is 2.29. The van der Waals surface area contributed by atoms with Crippen LogP contribution in [0.4, 0.5) is 0 Å². The van der Waals surface area contributed by atoms with E-state index in [4.69, 9.17) is 0 Å². The summed E-state index contributed by atoms with van der Waals surface area (Å²) < 4.78 is 1.26. The summed E-state index contributed by atoms with van der Waals surface area (Å²) in [6, 6.07) is 10.4. The zero-order valence-electron chi connectivity index (χ0n) is 6.77. The molecule has 0 aromatic heterocycles. The summed E-state index contributed by atoms with van der Waals surface area (Å²) in [7, 11) is 0. The van der Waals surface area contributed by atoms with Gasteiger partial charge in [-0.1, -0.05) is 18.2 Å². The van der Waals surface area contributed by atoms with Gasteiger partial charge in [0.25, 0.3) is 0 Å². The normalized spacial score (nSPS) is 11.1. The molecular formula is C10H6N2S. The minimum absolute atomic E-state index is 0.990. The number of nitrogens with zero attached hydrogens (tertiary/aromatic N) is 2. The fraction of sp³-hybridized carbons (Fsp3) is 0. The number of hydrogen-bond acceptors (Lipinski definition) is 3. The molecule has 3 heteroatoms. The lowest BCUT2D eigenvalue weighted by Crippen LogP contribution is -1.75. The average molecular weight is 186 g/mol. The Morgan fingerprint density at radius 1 is 1.08 bits per heavy atom. The van der Waals surface area contributed by atoms with Crippen LogP contribution in [0.5, 0.6) is 0 Å². The molecule has 0 amide bonds. The molecule has 0 saturated heterocycles. The number of fused-ring (bicyclic) bond motifs is 2. The van der Waals surface area contributed by atoms with Gasteiger partial charge in [0.1, 0.15) is 17.0 Å².